The van der Waals surface area contributed by atoms with Crippen molar-refractivity contribution in [3.05, 3.63) is 62.6 Å². The van der Waals surface area contributed by atoms with Gasteiger partial charge in [-0.2, -0.15) is 0 Å². The molecule has 2 atom stereocenters. The zero-order valence-corrected chi connectivity index (χ0v) is 21.2. The van der Waals surface area contributed by atoms with Crippen molar-refractivity contribution in [1.29, 1.82) is 0 Å². The maximum Gasteiger partial charge on any atom is 0.267 e. The fourth-order valence-corrected chi connectivity index (χ4v) is 5.21. The Labute approximate surface area is 200 Å². The lowest BCUT2D eigenvalue weighted by Crippen LogP contribution is -2.47. The number of nitrogens with one attached hydrogen (secondary N) is 2. The Morgan fingerprint density at radius 2 is 1.77 bits per heavy atom. The number of halogens is 2. The zero-order chi connectivity index (χ0) is 23.0. The topological polar surface area (TPSA) is 67.4 Å². The second-order valence-corrected chi connectivity index (χ2v) is 11.4. The number of ether oxygens (including phenoxy) is 1. The highest BCUT2D eigenvalue weighted by atomic mass is 79.9. The van der Waals surface area contributed by atoms with Crippen molar-refractivity contribution < 1.29 is 14.3 Å². The molecule has 5 nitrogen and oxygen atoms in total. The summed E-state index contributed by atoms with van der Waals surface area (Å²) in [6, 6.07) is 7.31. The molecule has 31 heavy (non-hydrogen) atoms. The van der Waals surface area contributed by atoms with E-state index < -0.39 is 5.60 Å². The molecular weight excluding hydrogens is 500 g/mol. The molecule has 1 aliphatic heterocycles. The predicted molar refractivity (Wildman–Crippen MR) is 130 cm³/mol. The highest BCUT2D eigenvalue weighted by Gasteiger charge is 2.41. The van der Waals surface area contributed by atoms with Gasteiger partial charge in [0.05, 0.1) is 10.2 Å². The van der Waals surface area contributed by atoms with Gasteiger partial charge in [-0.15, -0.1) is 11.8 Å². The Kier molecular flexibility index (Phi) is 6.99. The summed E-state index contributed by atoms with van der Waals surface area (Å²) in [7, 11) is 0. The molecule has 2 N–H and O–H groups in total. The number of amides is 2. The summed E-state index contributed by atoms with van der Waals surface area (Å²) in [5, 5.41) is 6.27. The second-order valence-electron chi connectivity index (χ2n) is 8.97. The molecule has 0 aromatic heterocycles. The van der Waals surface area contributed by atoms with Crippen molar-refractivity contribution in [3.8, 4) is 5.75 Å². The molecule has 2 aliphatic rings. The van der Waals surface area contributed by atoms with E-state index >= 15 is 0 Å². The van der Waals surface area contributed by atoms with Gasteiger partial charge in [0.15, 0.2) is 5.60 Å². The summed E-state index contributed by atoms with van der Waals surface area (Å²) in [4.78, 5) is 26.2. The number of carbonyl (C=O) groups excluding carboxylic acids is 2. The molecular formula is C23H26BrClN2O3S. The molecule has 0 spiro atoms. The minimum absolute atomic E-state index is 0.164. The highest BCUT2D eigenvalue weighted by Crippen LogP contribution is 2.48. The van der Waals surface area contributed by atoms with Gasteiger partial charge < -0.3 is 15.4 Å². The van der Waals surface area contributed by atoms with E-state index in [0.717, 1.165) is 4.47 Å². The number of allylic oxidation sites excluding steroid dienone is 4. The molecule has 1 heterocycles. The molecule has 166 valence electrons. The molecule has 0 bridgehead atoms. The molecule has 2 amide bonds. The average Bonchev–Trinajstić information content (AvgIpc) is 3.00. The van der Waals surface area contributed by atoms with E-state index in [1.54, 1.807) is 26.0 Å². The average molecular weight is 526 g/mol. The van der Waals surface area contributed by atoms with Crippen LogP contribution in [0.5, 0.6) is 5.75 Å². The number of hydrogen-bond donors (Lipinski definition) is 2. The standard InChI is InChI=1S/C23H26BrClN2O3S/c1-22(2,3)27-20(28)19-17(25)15-7-6-8-16(18(15)31-19)26-21(29)23(4,5)30-14-11-9-13(24)10-12-14/h6-12,15,18H,1-5H3,(H,26,29)(H,27,28). The molecule has 1 aromatic carbocycles. The van der Waals surface area contributed by atoms with Crippen molar-refractivity contribution in [1.82, 2.24) is 10.6 Å². The van der Waals surface area contributed by atoms with E-state index in [1.807, 2.05) is 51.1 Å². The van der Waals surface area contributed by atoms with Crippen molar-refractivity contribution in [2.45, 2.75) is 51.0 Å². The maximum absolute atomic E-state index is 13.0. The van der Waals surface area contributed by atoms with E-state index in [0.29, 0.717) is 21.4 Å². The van der Waals surface area contributed by atoms with Gasteiger partial charge in [-0.1, -0.05) is 39.7 Å². The monoisotopic (exact) mass is 524 g/mol. The number of fused-ring (bicyclic) bond motifs is 1. The minimum Gasteiger partial charge on any atom is -0.478 e. The molecule has 0 radical (unpaired) electrons. The fraction of sp³-hybridized carbons (Fsp3) is 0.391. The van der Waals surface area contributed by atoms with Gasteiger partial charge in [-0.05, 0) is 65.0 Å². The van der Waals surface area contributed by atoms with Crippen LogP contribution in [-0.4, -0.2) is 28.2 Å². The van der Waals surface area contributed by atoms with Crippen molar-refractivity contribution in [2.24, 2.45) is 5.92 Å². The van der Waals surface area contributed by atoms with Gasteiger partial charge >= 0.3 is 0 Å². The van der Waals surface area contributed by atoms with Crippen LogP contribution in [0, 0.1) is 5.92 Å². The lowest BCUT2D eigenvalue weighted by atomic mass is 9.96. The Morgan fingerprint density at radius 1 is 1.13 bits per heavy atom. The summed E-state index contributed by atoms with van der Waals surface area (Å²) < 4.78 is 6.85. The predicted octanol–water partition coefficient (Wildman–Crippen LogP) is 5.27. The van der Waals surface area contributed by atoms with E-state index in [-0.39, 0.29) is 28.5 Å². The third-order valence-corrected chi connectivity index (χ3v) is 7.19. The molecule has 1 aromatic rings. The van der Waals surface area contributed by atoms with Crippen LogP contribution >= 0.6 is 39.3 Å². The number of rotatable bonds is 5. The van der Waals surface area contributed by atoms with Crippen LogP contribution in [0.15, 0.2) is 62.6 Å². The van der Waals surface area contributed by atoms with E-state index in [9.17, 15) is 9.59 Å². The summed E-state index contributed by atoms with van der Waals surface area (Å²) in [6.45, 7) is 9.20. The van der Waals surface area contributed by atoms with Gasteiger partial charge in [0.2, 0.25) is 0 Å². The Hall–Kier alpha value is -1.70. The summed E-state index contributed by atoms with van der Waals surface area (Å²) in [5.74, 6) is -0.0436. The molecule has 0 fully saturated rings. The lowest BCUT2D eigenvalue weighted by molar-refractivity contribution is -0.133. The smallest absolute Gasteiger partial charge is 0.267 e. The van der Waals surface area contributed by atoms with E-state index in [1.165, 1.54) is 11.8 Å². The number of carbonyl (C=O) groups is 2. The first kappa shape index (κ1) is 24.0. The van der Waals surface area contributed by atoms with Gasteiger partial charge in [0, 0.05) is 26.7 Å². The number of thioether (sulfide) groups is 1. The van der Waals surface area contributed by atoms with E-state index in [2.05, 4.69) is 26.6 Å². The second kappa shape index (κ2) is 9.04. The van der Waals surface area contributed by atoms with E-state index in [4.69, 9.17) is 16.3 Å². The first-order valence-corrected chi connectivity index (χ1v) is 12.0. The fourth-order valence-electron chi connectivity index (χ4n) is 3.15. The Balaban J connectivity index is 1.71. The molecule has 2 unspecified atom stereocenters. The first-order chi connectivity index (χ1) is 14.4. The molecule has 0 saturated carbocycles. The van der Waals surface area contributed by atoms with Crippen molar-refractivity contribution in [2.75, 3.05) is 0 Å². The number of hydrogen-bond acceptors (Lipinski definition) is 4. The van der Waals surface area contributed by atoms with Crippen molar-refractivity contribution in [3.63, 3.8) is 0 Å². The third-order valence-electron chi connectivity index (χ3n) is 4.67. The van der Waals surface area contributed by atoms with Crippen LogP contribution < -0.4 is 15.4 Å². The SMILES string of the molecule is CC(C)(C)NC(=O)C1=C(Cl)C2C=CC=C(NC(=O)C(C)(C)Oc3ccc(Br)cc3)C2S1. The van der Waals surface area contributed by atoms with Crippen LogP contribution in [0.2, 0.25) is 0 Å². The van der Waals surface area contributed by atoms with Gasteiger partial charge in [-0.3, -0.25) is 9.59 Å². The quantitative estimate of drug-likeness (QED) is 0.549. The normalized spacial score (nSPS) is 20.8. The maximum atomic E-state index is 13.0. The molecule has 3 rings (SSSR count). The summed E-state index contributed by atoms with van der Waals surface area (Å²) in [5.41, 5.74) is -0.767. The van der Waals surface area contributed by atoms with Crippen LogP contribution in [0.4, 0.5) is 0 Å². The first-order valence-electron chi connectivity index (χ1n) is 9.91. The largest absolute Gasteiger partial charge is 0.478 e. The number of benzene rings is 1. The molecule has 1 aliphatic carbocycles. The highest BCUT2D eigenvalue weighted by molar-refractivity contribution is 9.10. The van der Waals surface area contributed by atoms with Crippen LogP contribution in [-0.2, 0) is 9.59 Å². The van der Waals surface area contributed by atoms with Crippen molar-refractivity contribution >= 4 is 51.1 Å². The lowest BCUT2D eigenvalue weighted by Gasteiger charge is -2.29. The molecule has 8 heteroatoms. The third kappa shape index (κ3) is 5.76. The Morgan fingerprint density at radius 3 is 2.39 bits per heavy atom. The Bertz CT molecular complexity index is 978. The van der Waals surface area contributed by atoms with Crippen LogP contribution in [0.25, 0.3) is 0 Å². The van der Waals surface area contributed by atoms with Gasteiger partial charge in [0.1, 0.15) is 5.75 Å². The molecule has 0 saturated heterocycles. The van der Waals surface area contributed by atoms with Gasteiger partial charge in [-0.25, -0.2) is 0 Å². The zero-order valence-electron chi connectivity index (χ0n) is 18.1. The van der Waals surface area contributed by atoms with Crippen LogP contribution in [0.1, 0.15) is 34.6 Å². The van der Waals surface area contributed by atoms with Gasteiger partial charge in [0.25, 0.3) is 11.8 Å². The summed E-state index contributed by atoms with van der Waals surface area (Å²) in [6.07, 6.45) is 5.65. The summed E-state index contributed by atoms with van der Waals surface area (Å²) >= 11 is 11.3. The van der Waals surface area contributed by atoms with Crippen LogP contribution in [0.3, 0.4) is 0 Å². The minimum atomic E-state index is -1.10.